The van der Waals surface area contributed by atoms with Crippen LogP contribution in [0.25, 0.3) is 0 Å². The van der Waals surface area contributed by atoms with Crippen LogP contribution in [0.3, 0.4) is 0 Å². The van der Waals surface area contributed by atoms with Crippen molar-refractivity contribution in [1.82, 2.24) is 0 Å². The van der Waals surface area contributed by atoms with E-state index in [4.69, 9.17) is 8.81 Å². The first-order valence-corrected chi connectivity index (χ1v) is 16.2. The summed E-state index contributed by atoms with van der Waals surface area (Å²) in [7, 11) is 0. The molecule has 0 spiro atoms. The number of hydrogen-bond donors (Lipinski definition) is 1. The van der Waals surface area contributed by atoms with Crippen molar-refractivity contribution >= 4 is 47.3 Å². The molecule has 0 aromatic heterocycles. The van der Waals surface area contributed by atoms with Gasteiger partial charge in [-0.1, -0.05) is 0 Å². The molecule has 3 aromatic carbocycles. The minimum absolute atomic E-state index is 0.304. The maximum atomic E-state index is 13.1. The van der Waals surface area contributed by atoms with Crippen molar-refractivity contribution in [2.24, 2.45) is 5.73 Å². The summed E-state index contributed by atoms with van der Waals surface area (Å²) in [5, 5.41) is 0. The van der Waals surface area contributed by atoms with Gasteiger partial charge in [0.1, 0.15) is 0 Å². The van der Waals surface area contributed by atoms with Crippen molar-refractivity contribution in [3.8, 4) is 0 Å². The Morgan fingerprint density at radius 1 is 0.857 bits per heavy atom. The molecule has 0 heterocycles. The molecule has 0 aliphatic carbocycles. The number of benzene rings is 3. The molecular weight excluding hydrogens is 473 g/mol. The van der Waals surface area contributed by atoms with Crippen LogP contribution in [0.4, 0.5) is 0 Å². The monoisotopic (exact) mass is 499 g/mol. The van der Waals surface area contributed by atoms with Gasteiger partial charge >= 0.3 is 176 Å². The predicted octanol–water partition coefficient (Wildman–Crippen LogP) is 2.28. The standard InChI is InChI=1S/3C6H5.C5H11NO2S.Sn/c3*1-2-4-6-5-3-1;1-9-3-2-4(6)5(7)8;/h3*1-5H;4H,2-3,6H2,1H3,(H,7,8);/q;;;;+1/p-1. The SMILES string of the molecule is CSCCC(N)C(=O)[O][Sn]([c]1ccccc1)([c]1ccccc1)[c]1ccccc1. The van der Waals surface area contributed by atoms with Gasteiger partial charge in [-0.2, -0.15) is 0 Å². The number of carbonyl (C=O) groups is 1. The summed E-state index contributed by atoms with van der Waals surface area (Å²) in [5.41, 5.74) is 6.19. The quantitative estimate of drug-likeness (QED) is 0.485. The molecule has 1 atom stereocenters. The van der Waals surface area contributed by atoms with E-state index in [9.17, 15) is 4.79 Å². The van der Waals surface area contributed by atoms with Gasteiger partial charge in [0.2, 0.25) is 0 Å². The van der Waals surface area contributed by atoms with Gasteiger partial charge in [-0.15, -0.1) is 0 Å². The molecule has 5 heteroatoms. The molecule has 0 saturated heterocycles. The van der Waals surface area contributed by atoms with E-state index in [2.05, 4.69) is 36.4 Å². The van der Waals surface area contributed by atoms with Gasteiger partial charge in [0.05, 0.1) is 0 Å². The summed E-state index contributed by atoms with van der Waals surface area (Å²) in [6.45, 7) is 0. The first-order chi connectivity index (χ1) is 13.7. The molecule has 1 unspecified atom stereocenters. The second-order valence-corrected chi connectivity index (χ2v) is 17.0. The molecule has 3 rings (SSSR count). The minimum atomic E-state index is -4.03. The third kappa shape index (κ3) is 4.62. The van der Waals surface area contributed by atoms with Crippen molar-refractivity contribution in [3.63, 3.8) is 0 Å². The van der Waals surface area contributed by atoms with Gasteiger partial charge in [0.25, 0.3) is 0 Å². The molecule has 0 radical (unpaired) electrons. The average molecular weight is 498 g/mol. The molecule has 0 saturated carbocycles. The second-order valence-electron chi connectivity index (χ2n) is 6.59. The molecule has 0 aliphatic heterocycles. The first-order valence-electron chi connectivity index (χ1n) is 9.32. The Morgan fingerprint density at radius 3 is 1.61 bits per heavy atom. The summed E-state index contributed by atoms with van der Waals surface area (Å²) in [6, 6.07) is 29.9. The van der Waals surface area contributed by atoms with Crippen LogP contribution in [0.5, 0.6) is 0 Å². The summed E-state index contributed by atoms with van der Waals surface area (Å²) >= 11 is -2.35. The van der Waals surface area contributed by atoms with Crippen molar-refractivity contribution in [2.45, 2.75) is 12.5 Å². The van der Waals surface area contributed by atoms with E-state index in [1.807, 2.05) is 60.9 Å². The molecule has 0 aliphatic rings. The van der Waals surface area contributed by atoms with Crippen molar-refractivity contribution in [3.05, 3.63) is 91.0 Å². The van der Waals surface area contributed by atoms with Crippen LogP contribution >= 0.6 is 11.8 Å². The molecule has 2 N–H and O–H groups in total. The van der Waals surface area contributed by atoms with Crippen LogP contribution in [0, 0.1) is 0 Å². The summed E-state index contributed by atoms with van der Waals surface area (Å²) < 4.78 is 9.78. The third-order valence-corrected chi connectivity index (χ3v) is 16.6. The molecule has 144 valence electrons. The summed E-state index contributed by atoms with van der Waals surface area (Å²) in [5.74, 6) is 0.530. The molecule has 3 aromatic rings. The molecule has 0 fully saturated rings. The van der Waals surface area contributed by atoms with E-state index >= 15 is 0 Å². The molecular formula is C23H25NO2SSn. The van der Waals surface area contributed by atoms with Gasteiger partial charge in [-0.3, -0.25) is 0 Å². The van der Waals surface area contributed by atoms with Crippen molar-refractivity contribution in [1.29, 1.82) is 0 Å². The van der Waals surface area contributed by atoms with E-state index in [1.165, 1.54) is 0 Å². The van der Waals surface area contributed by atoms with E-state index in [-0.39, 0.29) is 5.97 Å². The van der Waals surface area contributed by atoms with E-state index in [0.717, 1.165) is 16.5 Å². The Hall–Kier alpha value is -1.76. The van der Waals surface area contributed by atoms with Crippen LogP contribution in [-0.2, 0) is 7.87 Å². The van der Waals surface area contributed by atoms with Crippen LogP contribution in [0.1, 0.15) is 6.42 Å². The van der Waals surface area contributed by atoms with Gasteiger partial charge < -0.3 is 0 Å². The molecule has 28 heavy (non-hydrogen) atoms. The van der Waals surface area contributed by atoms with Crippen LogP contribution in [0.15, 0.2) is 91.0 Å². The zero-order chi connectivity index (χ0) is 19.8. The zero-order valence-electron chi connectivity index (χ0n) is 16.0. The van der Waals surface area contributed by atoms with Crippen molar-refractivity contribution < 1.29 is 7.87 Å². The second kappa shape index (κ2) is 10.1. The van der Waals surface area contributed by atoms with Crippen LogP contribution in [-0.4, -0.2) is 42.8 Å². The Labute approximate surface area is 175 Å². The fourth-order valence-electron chi connectivity index (χ4n) is 3.28. The number of rotatable bonds is 8. The number of thioether (sulfide) groups is 1. The Bertz CT molecular complexity index is 778. The van der Waals surface area contributed by atoms with E-state index < -0.39 is 24.8 Å². The van der Waals surface area contributed by atoms with Gasteiger partial charge in [0, 0.05) is 0 Å². The predicted molar refractivity (Wildman–Crippen MR) is 121 cm³/mol. The fourth-order valence-corrected chi connectivity index (χ4v) is 14.6. The summed E-state index contributed by atoms with van der Waals surface area (Å²) in [4.78, 5) is 13.1. The number of nitrogens with two attached hydrogens (primary N) is 1. The maximum absolute atomic E-state index is 13.1. The average Bonchev–Trinajstić information content (AvgIpc) is 2.77. The normalized spacial score (nSPS) is 12.4. The first kappa shape index (κ1) is 21.0. The number of carbonyl (C=O) groups excluding carboxylic acids is 1. The van der Waals surface area contributed by atoms with Crippen molar-refractivity contribution in [2.75, 3.05) is 12.0 Å². The molecule has 0 amide bonds. The third-order valence-electron chi connectivity index (χ3n) is 4.73. The van der Waals surface area contributed by atoms with Gasteiger partial charge in [-0.25, -0.2) is 0 Å². The zero-order valence-corrected chi connectivity index (χ0v) is 19.6. The number of hydrogen-bond acceptors (Lipinski definition) is 4. The fraction of sp³-hybridized carbons (Fsp3) is 0.174. The van der Waals surface area contributed by atoms with Gasteiger partial charge in [-0.05, 0) is 0 Å². The molecule has 0 bridgehead atoms. The van der Waals surface area contributed by atoms with Crippen LogP contribution < -0.4 is 16.5 Å². The van der Waals surface area contributed by atoms with E-state index in [0.29, 0.717) is 6.42 Å². The Morgan fingerprint density at radius 2 is 1.25 bits per heavy atom. The van der Waals surface area contributed by atoms with Gasteiger partial charge in [0.15, 0.2) is 0 Å². The topological polar surface area (TPSA) is 52.3 Å². The van der Waals surface area contributed by atoms with Crippen LogP contribution in [0.2, 0.25) is 0 Å². The molecule has 3 nitrogen and oxygen atoms in total. The van der Waals surface area contributed by atoms with E-state index in [1.54, 1.807) is 11.8 Å². The Balaban J connectivity index is 2.15. The Kier molecular flexibility index (Phi) is 7.59. The summed E-state index contributed by atoms with van der Waals surface area (Å²) in [6.07, 6.45) is 2.62.